The van der Waals surface area contributed by atoms with E-state index in [1.807, 2.05) is 37.3 Å². The topological polar surface area (TPSA) is 56.5 Å². The predicted octanol–water partition coefficient (Wildman–Crippen LogP) is 3.33. The minimum absolute atomic E-state index is 0.634. The highest BCUT2D eigenvalue weighted by atomic mass is 16.5. The molecule has 0 aliphatic carbocycles. The van der Waals surface area contributed by atoms with E-state index in [0.29, 0.717) is 12.3 Å². The second kappa shape index (κ2) is 7.43. The van der Waals surface area contributed by atoms with Crippen molar-refractivity contribution in [3.8, 4) is 11.5 Å². The highest BCUT2D eigenvalue weighted by Crippen LogP contribution is 2.22. The minimum Gasteiger partial charge on any atom is -0.497 e. The van der Waals surface area contributed by atoms with E-state index in [1.54, 1.807) is 7.11 Å². The molecule has 0 atom stereocenters. The lowest BCUT2D eigenvalue weighted by Crippen LogP contribution is -2.05. The molecule has 0 saturated carbocycles. The van der Waals surface area contributed by atoms with Crippen LogP contribution in [-0.4, -0.2) is 20.3 Å². The summed E-state index contributed by atoms with van der Waals surface area (Å²) in [6.45, 7) is 3.43. The number of hydrogen-bond acceptors (Lipinski definition) is 4. The normalized spacial score (nSPS) is 10.2. The van der Waals surface area contributed by atoms with Crippen molar-refractivity contribution in [3.63, 3.8) is 0 Å². The summed E-state index contributed by atoms with van der Waals surface area (Å²) in [5.41, 5.74) is 8.81. The molecular formula is C17H22N2O2. The van der Waals surface area contributed by atoms with Crippen LogP contribution in [0.15, 0.2) is 42.5 Å². The van der Waals surface area contributed by atoms with Gasteiger partial charge in [-0.1, -0.05) is 12.1 Å². The first-order chi connectivity index (χ1) is 10.2. The Hall–Kier alpha value is -2.36. The third-order valence-electron chi connectivity index (χ3n) is 3.14. The van der Waals surface area contributed by atoms with Crippen molar-refractivity contribution in [1.29, 1.82) is 0 Å². The SMILES string of the molecule is CCOc1cc(N)cc(NCCc2ccc(OC)cc2)c1. The molecule has 0 aliphatic heterocycles. The number of methoxy groups -OCH3 is 1. The largest absolute Gasteiger partial charge is 0.497 e. The zero-order chi connectivity index (χ0) is 15.1. The Kier molecular flexibility index (Phi) is 5.32. The first-order valence-corrected chi connectivity index (χ1v) is 7.11. The third kappa shape index (κ3) is 4.60. The Labute approximate surface area is 125 Å². The number of hydrogen-bond donors (Lipinski definition) is 2. The highest BCUT2D eigenvalue weighted by Gasteiger charge is 2.00. The molecule has 0 radical (unpaired) electrons. The molecular weight excluding hydrogens is 264 g/mol. The molecule has 0 aliphatic rings. The van der Waals surface area contributed by atoms with Gasteiger partial charge in [0.25, 0.3) is 0 Å². The van der Waals surface area contributed by atoms with Crippen LogP contribution in [0.4, 0.5) is 11.4 Å². The Morgan fingerprint density at radius 1 is 1.05 bits per heavy atom. The summed E-state index contributed by atoms with van der Waals surface area (Å²) >= 11 is 0. The molecule has 0 aromatic heterocycles. The maximum absolute atomic E-state index is 5.87. The van der Waals surface area contributed by atoms with Crippen LogP contribution in [0, 0.1) is 0 Å². The zero-order valence-corrected chi connectivity index (χ0v) is 12.6. The van der Waals surface area contributed by atoms with Gasteiger partial charge < -0.3 is 20.5 Å². The number of ether oxygens (including phenoxy) is 2. The molecule has 0 bridgehead atoms. The number of nitrogen functional groups attached to an aromatic ring is 1. The van der Waals surface area contributed by atoms with Crippen molar-refractivity contribution in [2.45, 2.75) is 13.3 Å². The maximum atomic E-state index is 5.87. The lowest BCUT2D eigenvalue weighted by atomic mass is 10.1. The van der Waals surface area contributed by atoms with E-state index in [2.05, 4.69) is 17.4 Å². The predicted molar refractivity (Wildman–Crippen MR) is 87.2 cm³/mol. The molecule has 0 fully saturated rings. The lowest BCUT2D eigenvalue weighted by molar-refractivity contribution is 0.340. The number of nitrogens with two attached hydrogens (primary N) is 1. The molecule has 2 aromatic carbocycles. The monoisotopic (exact) mass is 286 g/mol. The summed E-state index contributed by atoms with van der Waals surface area (Å²) in [7, 11) is 1.67. The van der Waals surface area contributed by atoms with Gasteiger partial charge in [0.2, 0.25) is 0 Å². The third-order valence-corrected chi connectivity index (χ3v) is 3.14. The van der Waals surface area contributed by atoms with Crippen LogP contribution in [0.5, 0.6) is 11.5 Å². The van der Waals surface area contributed by atoms with Crippen molar-refractivity contribution >= 4 is 11.4 Å². The van der Waals surface area contributed by atoms with E-state index < -0.39 is 0 Å². The van der Waals surface area contributed by atoms with E-state index in [1.165, 1.54) is 5.56 Å². The molecule has 0 spiro atoms. The lowest BCUT2D eigenvalue weighted by Gasteiger charge is -2.10. The zero-order valence-electron chi connectivity index (χ0n) is 12.6. The summed E-state index contributed by atoms with van der Waals surface area (Å²) in [6, 6.07) is 13.8. The molecule has 0 amide bonds. The molecule has 0 heterocycles. The summed E-state index contributed by atoms with van der Waals surface area (Å²) in [6.07, 6.45) is 0.933. The maximum Gasteiger partial charge on any atom is 0.123 e. The molecule has 21 heavy (non-hydrogen) atoms. The molecule has 4 nitrogen and oxygen atoms in total. The molecule has 112 valence electrons. The number of anilines is 2. The van der Waals surface area contributed by atoms with Gasteiger partial charge in [-0.25, -0.2) is 0 Å². The van der Waals surface area contributed by atoms with Crippen LogP contribution in [0.3, 0.4) is 0 Å². The van der Waals surface area contributed by atoms with Gasteiger partial charge in [0.1, 0.15) is 11.5 Å². The summed E-state index contributed by atoms with van der Waals surface area (Å²) < 4.78 is 10.6. The fourth-order valence-corrected chi connectivity index (χ4v) is 2.12. The Bertz CT molecular complexity index is 568. The molecule has 2 aromatic rings. The van der Waals surface area contributed by atoms with Crippen molar-refractivity contribution in [2.75, 3.05) is 31.3 Å². The van der Waals surface area contributed by atoms with Crippen molar-refractivity contribution < 1.29 is 9.47 Å². The molecule has 2 rings (SSSR count). The van der Waals surface area contributed by atoms with Gasteiger partial charge >= 0.3 is 0 Å². The van der Waals surface area contributed by atoms with E-state index in [0.717, 1.165) is 30.2 Å². The minimum atomic E-state index is 0.634. The van der Waals surface area contributed by atoms with E-state index in [4.69, 9.17) is 15.2 Å². The first-order valence-electron chi connectivity index (χ1n) is 7.11. The van der Waals surface area contributed by atoms with Gasteiger partial charge in [0.15, 0.2) is 0 Å². The van der Waals surface area contributed by atoms with Gasteiger partial charge in [0, 0.05) is 30.1 Å². The Morgan fingerprint density at radius 3 is 2.48 bits per heavy atom. The highest BCUT2D eigenvalue weighted by molar-refractivity contribution is 5.59. The second-order valence-corrected chi connectivity index (χ2v) is 4.75. The summed E-state index contributed by atoms with van der Waals surface area (Å²) in [5, 5.41) is 3.37. The quantitative estimate of drug-likeness (QED) is 0.767. The van der Waals surface area contributed by atoms with E-state index in [9.17, 15) is 0 Å². The fourth-order valence-electron chi connectivity index (χ4n) is 2.12. The molecule has 0 unspecified atom stereocenters. The smallest absolute Gasteiger partial charge is 0.123 e. The van der Waals surface area contributed by atoms with Gasteiger partial charge in [-0.2, -0.15) is 0 Å². The van der Waals surface area contributed by atoms with Crippen molar-refractivity contribution in [3.05, 3.63) is 48.0 Å². The van der Waals surface area contributed by atoms with Gasteiger partial charge in [0.05, 0.1) is 13.7 Å². The number of nitrogens with one attached hydrogen (secondary N) is 1. The number of rotatable bonds is 7. The summed E-state index contributed by atoms with van der Waals surface area (Å²) in [5.74, 6) is 1.67. The van der Waals surface area contributed by atoms with Crippen LogP contribution < -0.4 is 20.5 Å². The van der Waals surface area contributed by atoms with E-state index in [-0.39, 0.29) is 0 Å². The van der Waals surface area contributed by atoms with Crippen LogP contribution >= 0.6 is 0 Å². The second-order valence-electron chi connectivity index (χ2n) is 4.75. The molecule has 0 saturated heterocycles. The number of benzene rings is 2. The standard InChI is InChI=1S/C17H22N2O2/c1-3-21-17-11-14(18)10-15(12-17)19-9-8-13-4-6-16(20-2)7-5-13/h4-7,10-12,19H,3,8-9,18H2,1-2H3. The first kappa shape index (κ1) is 15.0. The van der Waals surface area contributed by atoms with Crippen LogP contribution in [0.1, 0.15) is 12.5 Å². The van der Waals surface area contributed by atoms with Crippen molar-refractivity contribution in [1.82, 2.24) is 0 Å². The Morgan fingerprint density at radius 2 is 1.81 bits per heavy atom. The van der Waals surface area contributed by atoms with Crippen molar-refractivity contribution in [2.24, 2.45) is 0 Å². The van der Waals surface area contributed by atoms with Gasteiger partial charge in [-0.3, -0.25) is 0 Å². The van der Waals surface area contributed by atoms with E-state index >= 15 is 0 Å². The fraction of sp³-hybridized carbons (Fsp3) is 0.294. The van der Waals surface area contributed by atoms with Gasteiger partial charge in [-0.05, 0) is 37.1 Å². The molecule has 3 N–H and O–H groups in total. The Balaban J connectivity index is 1.90. The van der Waals surface area contributed by atoms with Gasteiger partial charge in [-0.15, -0.1) is 0 Å². The average Bonchev–Trinajstić information content (AvgIpc) is 2.48. The van der Waals surface area contributed by atoms with Crippen LogP contribution in [0.25, 0.3) is 0 Å². The average molecular weight is 286 g/mol. The van der Waals surface area contributed by atoms with Crippen LogP contribution in [0.2, 0.25) is 0 Å². The van der Waals surface area contributed by atoms with Crippen LogP contribution in [-0.2, 0) is 6.42 Å². The summed E-state index contributed by atoms with van der Waals surface area (Å²) in [4.78, 5) is 0. The molecule has 4 heteroatoms.